The van der Waals surface area contributed by atoms with E-state index in [4.69, 9.17) is 9.47 Å². The predicted molar refractivity (Wildman–Crippen MR) is 112 cm³/mol. The van der Waals surface area contributed by atoms with Gasteiger partial charge in [-0.2, -0.15) is 8.78 Å². The molecule has 6 nitrogen and oxygen atoms in total. The second kappa shape index (κ2) is 9.71. The van der Waals surface area contributed by atoms with Gasteiger partial charge in [0.05, 0.1) is 24.8 Å². The SMILES string of the molecule is CC(C(=O)O)C(c1cccc(OCC2CC(Oc3ccc(OC(F)F)nc3)C2)c1)C1CC1. The molecular formula is C24H27F2NO5. The van der Waals surface area contributed by atoms with Crippen molar-refractivity contribution >= 4 is 5.97 Å². The Morgan fingerprint density at radius 3 is 2.59 bits per heavy atom. The summed E-state index contributed by atoms with van der Waals surface area (Å²) in [5, 5.41) is 9.47. The predicted octanol–water partition coefficient (Wildman–Crippen LogP) is 5.13. The summed E-state index contributed by atoms with van der Waals surface area (Å²) in [7, 11) is 0. The van der Waals surface area contributed by atoms with Crippen molar-refractivity contribution in [2.45, 2.75) is 51.2 Å². The number of halogens is 2. The zero-order chi connectivity index (χ0) is 22.7. The van der Waals surface area contributed by atoms with Gasteiger partial charge in [-0.3, -0.25) is 4.79 Å². The number of alkyl halides is 2. The molecule has 1 aromatic carbocycles. The molecule has 0 spiro atoms. The molecule has 1 N–H and O–H groups in total. The fourth-order valence-electron chi connectivity index (χ4n) is 4.30. The van der Waals surface area contributed by atoms with Crippen molar-refractivity contribution in [2.24, 2.45) is 17.8 Å². The Kier molecular flexibility index (Phi) is 6.77. The molecule has 4 rings (SSSR count). The number of hydrogen-bond donors (Lipinski definition) is 1. The lowest BCUT2D eigenvalue weighted by atomic mass is 9.82. The normalized spacial score (nSPS) is 22.0. The Morgan fingerprint density at radius 1 is 1.19 bits per heavy atom. The molecule has 2 atom stereocenters. The fraction of sp³-hybridized carbons (Fsp3) is 0.500. The van der Waals surface area contributed by atoms with Gasteiger partial charge < -0.3 is 19.3 Å². The van der Waals surface area contributed by atoms with Crippen LogP contribution in [0.5, 0.6) is 17.4 Å². The molecule has 8 heteroatoms. The third-order valence-corrected chi connectivity index (χ3v) is 6.20. The lowest BCUT2D eigenvalue weighted by Gasteiger charge is -2.35. The van der Waals surface area contributed by atoms with Crippen LogP contribution in [-0.2, 0) is 4.79 Å². The summed E-state index contributed by atoms with van der Waals surface area (Å²) < 4.78 is 40.4. The van der Waals surface area contributed by atoms with Gasteiger partial charge in [0.25, 0.3) is 0 Å². The van der Waals surface area contributed by atoms with Crippen molar-refractivity contribution in [3.8, 4) is 17.4 Å². The van der Waals surface area contributed by atoms with Crippen LogP contribution in [0.1, 0.15) is 44.1 Å². The van der Waals surface area contributed by atoms with Crippen LogP contribution in [0.15, 0.2) is 42.6 Å². The highest BCUT2D eigenvalue weighted by atomic mass is 19.3. The molecule has 2 unspecified atom stereocenters. The summed E-state index contributed by atoms with van der Waals surface area (Å²) >= 11 is 0. The maximum absolute atomic E-state index is 12.2. The largest absolute Gasteiger partial charge is 0.493 e. The van der Waals surface area contributed by atoms with Crippen LogP contribution in [-0.4, -0.2) is 35.4 Å². The van der Waals surface area contributed by atoms with Crippen LogP contribution < -0.4 is 14.2 Å². The molecular weight excluding hydrogens is 420 g/mol. The topological polar surface area (TPSA) is 77.9 Å². The first-order chi connectivity index (χ1) is 15.4. The summed E-state index contributed by atoms with van der Waals surface area (Å²) in [5.41, 5.74) is 1.03. The molecule has 1 heterocycles. The summed E-state index contributed by atoms with van der Waals surface area (Å²) in [6.07, 6.45) is 5.23. The molecule has 32 heavy (non-hydrogen) atoms. The first-order valence-corrected chi connectivity index (χ1v) is 10.9. The van der Waals surface area contributed by atoms with Gasteiger partial charge in [-0.25, -0.2) is 4.98 Å². The highest BCUT2D eigenvalue weighted by Crippen LogP contribution is 2.47. The Labute approximate surface area is 185 Å². The van der Waals surface area contributed by atoms with Crippen LogP contribution in [0, 0.1) is 17.8 Å². The Balaban J connectivity index is 1.24. The third kappa shape index (κ3) is 5.66. The number of aliphatic carboxylic acids is 1. The summed E-state index contributed by atoms with van der Waals surface area (Å²) in [4.78, 5) is 15.3. The molecule has 0 amide bonds. The van der Waals surface area contributed by atoms with E-state index in [-0.39, 0.29) is 17.9 Å². The van der Waals surface area contributed by atoms with E-state index in [0.717, 1.165) is 37.0 Å². The van der Waals surface area contributed by atoms with Crippen molar-refractivity contribution in [1.29, 1.82) is 0 Å². The van der Waals surface area contributed by atoms with Crippen LogP contribution in [0.3, 0.4) is 0 Å². The van der Waals surface area contributed by atoms with Crippen molar-refractivity contribution < 1.29 is 32.9 Å². The zero-order valence-corrected chi connectivity index (χ0v) is 17.8. The number of rotatable bonds is 11. The van der Waals surface area contributed by atoms with E-state index >= 15 is 0 Å². The van der Waals surface area contributed by atoms with Gasteiger partial charge in [-0.1, -0.05) is 19.1 Å². The molecule has 172 valence electrons. The molecule has 2 saturated carbocycles. The molecule has 1 aromatic heterocycles. The maximum Gasteiger partial charge on any atom is 0.388 e. The van der Waals surface area contributed by atoms with E-state index in [2.05, 4.69) is 9.72 Å². The minimum atomic E-state index is -2.90. The van der Waals surface area contributed by atoms with E-state index in [1.807, 2.05) is 24.3 Å². The number of nitrogens with zero attached hydrogens (tertiary/aromatic N) is 1. The van der Waals surface area contributed by atoms with E-state index in [1.54, 1.807) is 13.0 Å². The molecule has 2 fully saturated rings. The lowest BCUT2D eigenvalue weighted by Crippen LogP contribution is -2.37. The molecule has 0 bridgehead atoms. The highest BCUT2D eigenvalue weighted by molar-refractivity contribution is 5.71. The highest BCUT2D eigenvalue weighted by Gasteiger charge is 2.38. The number of aromatic nitrogens is 1. The minimum Gasteiger partial charge on any atom is -0.493 e. The number of pyridine rings is 1. The molecule has 2 aliphatic rings. The Morgan fingerprint density at radius 2 is 1.97 bits per heavy atom. The first-order valence-electron chi connectivity index (χ1n) is 10.9. The minimum absolute atomic E-state index is 0.0172. The van der Waals surface area contributed by atoms with Gasteiger partial charge in [0.1, 0.15) is 11.5 Å². The number of benzene rings is 1. The van der Waals surface area contributed by atoms with Crippen LogP contribution in [0.2, 0.25) is 0 Å². The second-order valence-corrected chi connectivity index (χ2v) is 8.66. The monoisotopic (exact) mass is 447 g/mol. The smallest absolute Gasteiger partial charge is 0.388 e. The summed E-state index contributed by atoms with van der Waals surface area (Å²) in [5.74, 6) is 0.755. The maximum atomic E-state index is 12.2. The van der Waals surface area contributed by atoms with Gasteiger partial charge in [0, 0.05) is 6.07 Å². The fourth-order valence-corrected chi connectivity index (χ4v) is 4.30. The average Bonchev–Trinajstić information content (AvgIpc) is 3.56. The van der Waals surface area contributed by atoms with E-state index in [9.17, 15) is 18.7 Å². The molecule has 2 aromatic rings. The van der Waals surface area contributed by atoms with Crippen molar-refractivity contribution in [3.63, 3.8) is 0 Å². The number of carboxylic acids is 1. The van der Waals surface area contributed by atoms with Crippen molar-refractivity contribution in [2.75, 3.05) is 6.61 Å². The molecule has 0 aliphatic heterocycles. The lowest BCUT2D eigenvalue weighted by molar-refractivity contribution is -0.142. The third-order valence-electron chi connectivity index (χ3n) is 6.20. The number of carbonyl (C=O) groups is 1. The first kappa shape index (κ1) is 22.3. The standard InChI is InChI=1S/C24H27F2NO5/c1-14(23(28)29)22(16-5-6-16)17-3-2-4-18(11-17)30-13-15-9-20(10-15)31-19-7-8-21(27-12-19)32-24(25)26/h2-4,7-8,11-12,14-16,20,22,24H,5-6,9-10,13H2,1H3,(H,28,29). The van der Waals surface area contributed by atoms with Gasteiger partial charge in [0.15, 0.2) is 0 Å². The van der Waals surface area contributed by atoms with Gasteiger partial charge in [-0.05, 0) is 67.2 Å². The van der Waals surface area contributed by atoms with Crippen LogP contribution in [0.25, 0.3) is 0 Å². The molecule has 0 saturated heterocycles. The zero-order valence-electron chi connectivity index (χ0n) is 17.8. The average molecular weight is 447 g/mol. The second-order valence-electron chi connectivity index (χ2n) is 8.66. The Bertz CT molecular complexity index is 913. The van der Waals surface area contributed by atoms with E-state index in [0.29, 0.717) is 24.2 Å². The van der Waals surface area contributed by atoms with Gasteiger partial charge >= 0.3 is 12.6 Å². The van der Waals surface area contributed by atoms with E-state index in [1.165, 1.54) is 12.3 Å². The number of hydrogen-bond acceptors (Lipinski definition) is 5. The van der Waals surface area contributed by atoms with Crippen LogP contribution >= 0.6 is 0 Å². The van der Waals surface area contributed by atoms with Crippen molar-refractivity contribution in [1.82, 2.24) is 4.98 Å². The van der Waals surface area contributed by atoms with Gasteiger partial charge in [-0.15, -0.1) is 0 Å². The summed E-state index contributed by atoms with van der Waals surface area (Å²) in [6.45, 7) is -0.560. The molecule has 0 radical (unpaired) electrons. The number of ether oxygens (including phenoxy) is 3. The number of carboxylic acid groups (broad SMARTS) is 1. The Hall–Kier alpha value is -2.90. The van der Waals surface area contributed by atoms with Crippen LogP contribution in [0.4, 0.5) is 8.78 Å². The summed E-state index contributed by atoms with van der Waals surface area (Å²) in [6, 6.07) is 10.7. The quantitative estimate of drug-likeness (QED) is 0.514. The molecule has 2 aliphatic carbocycles. The van der Waals surface area contributed by atoms with Crippen molar-refractivity contribution in [3.05, 3.63) is 48.2 Å². The van der Waals surface area contributed by atoms with Gasteiger partial charge in [0.2, 0.25) is 5.88 Å². The van der Waals surface area contributed by atoms with E-state index < -0.39 is 18.5 Å².